The van der Waals surface area contributed by atoms with Gasteiger partial charge in [0.15, 0.2) is 0 Å². The monoisotopic (exact) mass is 236 g/mol. The van der Waals surface area contributed by atoms with Crippen LogP contribution in [0.1, 0.15) is 5.69 Å². The van der Waals surface area contributed by atoms with Crippen molar-refractivity contribution >= 4 is 11.4 Å². The second kappa shape index (κ2) is 4.60. The van der Waals surface area contributed by atoms with Gasteiger partial charge in [-0.2, -0.15) is 4.39 Å². The minimum Gasteiger partial charge on any atom is -0.379 e. The molecule has 0 radical (unpaired) electrons. The standard InChI is InChI=1S/C10H9FN4O2/c11-9-3-7(1-2-10(9)15(16)17)13-5-8-4-12-6-14-8/h1-4,6,13H,5H2,(H,12,14). The molecule has 0 aliphatic rings. The van der Waals surface area contributed by atoms with Gasteiger partial charge in [0, 0.05) is 24.0 Å². The summed E-state index contributed by atoms with van der Waals surface area (Å²) in [5.74, 6) is -0.857. The molecule has 2 rings (SSSR count). The Morgan fingerprint density at radius 3 is 2.94 bits per heavy atom. The first kappa shape index (κ1) is 11.1. The highest BCUT2D eigenvalue weighted by Gasteiger charge is 2.13. The summed E-state index contributed by atoms with van der Waals surface area (Å²) in [7, 11) is 0. The number of aromatic amines is 1. The van der Waals surface area contributed by atoms with E-state index in [0.29, 0.717) is 12.2 Å². The number of hydrogen-bond acceptors (Lipinski definition) is 4. The number of imidazole rings is 1. The molecule has 6 nitrogen and oxygen atoms in total. The molecule has 1 aromatic carbocycles. The molecule has 2 N–H and O–H groups in total. The maximum absolute atomic E-state index is 13.3. The van der Waals surface area contributed by atoms with E-state index in [4.69, 9.17) is 0 Å². The van der Waals surface area contributed by atoms with Crippen LogP contribution >= 0.6 is 0 Å². The fourth-order valence-corrected chi connectivity index (χ4v) is 1.34. The zero-order valence-electron chi connectivity index (χ0n) is 8.68. The molecule has 0 spiro atoms. The summed E-state index contributed by atoms with van der Waals surface area (Å²) in [5, 5.41) is 13.3. The molecular formula is C10H9FN4O2. The van der Waals surface area contributed by atoms with Gasteiger partial charge in [0.25, 0.3) is 0 Å². The number of hydrogen-bond donors (Lipinski definition) is 2. The molecule has 0 fully saturated rings. The number of nitrogens with one attached hydrogen (secondary N) is 2. The van der Waals surface area contributed by atoms with Gasteiger partial charge in [-0.1, -0.05) is 0 Å². The molecular weight excluding hydrogens is 227 g/mol. The molecule has 0 saturated heterocycles. The van der Waals surface area contributed by atoms with E-state index in [1.54, 1.807) is 6.20 Å². The first-order valence-electron chi connectivity index (χ1n) is 4.82. The van der Waals surface area contributed by atoms with E-state index in [0.717, 1.165) is 17.8 Å². The topological polar surface area (TPSA) is 83.8 Å². The summed E-state index contributed by atoms with van der Waals surface area (Å²) in [6.45, 7) is 0.442. The maximum Gasteiger partial charge on any atom is 0.304 e. The number of nitro benzene ring substituents is 1. The Balaban J connectivity index is 2.07. The normalized spacial score (nSPS) is 10.2. The van der Waals surface area contributed by atoms with Crippen LogP contribution in [0.5, 0.6) is 0 Å². The Morgan fingerprint density at radius 1 is 1.53 bits per heavy atom. The Kier molecular flexibility index (Phi) is 2.99. The van der Waals surface area contributed by atoms with Gasteiger partial charge in [-0.05, 0) is 6.07 Å². The van der Waals surface area contributed by atoms with Crippen molar-refractivity contribution in [2.24, 2.45) is 0 Å². The van der Waals surface area contributed by atoms with Crippen LogP contribution in [0.2, 0.25) is 0 Å². The van der Waals surface area contributed by atoms with Crippen LogP contribution in [-0.2, 0) is 6.54 Å². The minimum atomic E-state index is -0.857. The van der Waals surface area contributed by atoms with Gasteiger partial charge in [-0.3, -0.25) is 10.1 Å². The third kappa shape index (κ3) is 2.57. The minimum absolute atomic E-state index is 0.442. The summed E-state index contributed by atoms with van der Waals surface area (Å²) >= 11 is 0. The molecule has 1 aromatic heterocycles. The molecule has 2 aromatic rings. The number of halogens is 1. The fourth-order valence-electron chi connectivity index (χ4n) is 1.34. The average Bonchev–Trinajstić information content (AvgIpc) is 2.78. The lowest BCUT2D eigenvalue weighted by atomic mass is 10.2. The highest BCUT2D eigenvalue weighted by atomic mass is 19.1. The molecule has 88 valence electrons. The molecule has 0 aliphatic heterocycles. The molecule has 17 heavy (non-hydrogen) atoms. The van der Waals surface area contributed by atoms with Crippen LogP contribution in [0.3, 0.4) is 0 Å². The average molecular weight is 236 g/mol. The number of benzene rings is 1. The van der Waals surface area contributed by atoms with Gasteiger partial charge in [-0.25, -0.2) is 4.98 Å². The Bertz CT molecular complexity index is 527. The molecule has 0 saturated carbocycles. The van der Waals surface area contributed by atoms with Crippen molar-refractivity contribution in [3.63, 3.8) is 0 Å². The van der Waals surface area contributed by atoms with Gasteiger partial charge in [0.1, 0.15) is 0 Å². The predicted octanol–water partition coefficient (Wildman–Crippen LogP) is 2.07. The van der Waals surface area contributed by atoms with Crippen molar-refractivity contribution in [2.75, 3.05) is 5.32 Å². The third-order valence-corrected chi connectivity index (χ3v) is 2.18. The summed E-state index contributed by atoms with van der Waals surface area (Å²) in [5.41, 5.74) is 0.781. The number of nitro groups is 1. The largest absolute Gasteiger partial charge is 0.379 e. The zero-order chi connectivity index (χ0) is 12.3. The van der Waals surface area contributed by atoms with Gasteiger partial charge in [-0.15, -0.1) is 0 Å². The third-order valence-electron chi connectivity index (χ3n) is 2.18. The van der Waals surface area contributed by atoms with E-state index in [1.165, 1.54) is 12.4 Å². The second-order valence-corrected chi connectivity index (χ2v) is 3.35. The van der Waals surface area contributed by atoms with Crippen LogP contribution < -0.4 is 5.32 Å². The Morgan fingerprint density at radius 2 is 2.35 bits per heavy atom. The number of rotatable bonds is 4. The summed E-state index contributed by atoms with van der Waals surface area (Å²) < 4.78 is 13.3. The van der Waals surface area contributed by atoms with E-state index < -0.39 is 16.4 Å². The van der Waals surface area contributed by atoms with Crippen LogP contribution in [0.4, 0.5) is 15.8 Å². The molecule has 0 atom stereocenters. The lowest BCUT2D eigenvalue weighted by molar-refractivity contribution is -0.387. The smallest absolute Gasteiger partial charge is 0.304 e. The predicted molar refractivity (Wildman–Crippen MR) is 59.0 cm³/mol. The Hall–Kier alpha value is -2.44. The van der Waals surface area contributed by atoms with Crippen LogP contribution in [-0.4, -0.2) is 14.9 Å². The van der Waals surface area contributed by atoms with Gasteiger partial charge in [0.05, 0.1) is 23.5 Å². The molecule has 0 unspecified atom stereocenters. The lowest BCUT2D eigenvalue weighted by Crippen LogP contribution is -2.01. The summed E-state index contributed by atoms with van der Waals surface area (Å²) in [6.07, 6.45) is 3.17. The number of anilines is 1. The fraction of sp³-hybridized carbons (Fsp3) is 0.100. The van der Waals surface area contributed by atoms with Crippen LogP contribution in [0.15, 0.2) is 30.7 Å². The van der Waals surface area contributed by atoms with Crippen molar-refractivity contribution in [2.45, 2.75) is 6.54 Å². The summed E-state index contributed by atoms with van der Waals surface area (Å²) in [6, 6.07) is 3.68. The van der Waals surface area contributed by atoms with E-state index in [2.05, 4.69) is 15.3 Å². The highest BCUT2D eigenvalue weighted by molar-refractivity contribution is 5.49. The van der Waals surface area contributed by atoms with Crippen LogP contribution in [0, 0.1) is 15.9 Å². The molecule has 7 heteroatoms. The highest BCUT2D eigenvalue weighted by Crippen LogP contribution is 2.20. The van der Waals surface area contributed by atoms with Crippen molar-refractivity contribution in [1.82, 2.24) is 9.97 Å². The van der Waals surface area contributed by atoms with Crippen molar-refractivity contribution in [3.8, 4) is 0 Å². The Labute approximate surface area is 95.7 Å². The van der Waals surface area contributed by atoms with Crippen molar-refractivity contribution in [1.29, 1.82) is 0 Å². The van der Waals surface area contributed by atoms with Crippen molar-refractivity contribution in [3.05, 3.63) is 52.3 Å². The van der Waals surface area contributed by atoms with E-state index in [1.807, 2.05) is 0 Å². The number of aromatic nitrogens is 2. The van der Waals surface area contributed by atoms with Gasteiger partial charge < -0.3 is 10.3 Å². The van der Waals surface area contributed by atoms with E-state index in [-0.39, 0.29) is 0 Å². The van der Waals surface area contributed by atoms with Crippen LogP contribution in [0.25, 0.3) is 0 Å². The molecule has 0 aliphatic carbocycles. The quantitative estimate of drug-likeness (QED) is 0.628. The molecule has 0 bridgehead atoms. The first-order valence-corrected chi connectivity index (χ1v) is 4.82. The van der Waals surface area contributed by atoms with Crippen molar-refractivity contribution < 1.29 is 9.31 Å². The SMILES string of the molecule is O=[N+]([O-])c1ccc(NCc2cnc[nH]2)cc1F. The molecule has 0 amide bonds. The lowest BCUT2D eigenvalue weighted by Gasteiger charge is -2.04. The van der Waals surface area contributed by atoms with E-state index >= 15 is 0 Å². The first-order chi connectivity index (χ1) is 8.16. The second-order valence-electron chi connectivity index (χ2n) is 3.35. The maximum atomic E-state index is 13.3. The number of H-pyrrole nitrogens is 1. The summed E-state index contributed by atoms with van der Waals surface area (Å²) in [4.78, 5) is 16.4. The number of nitrogens with zero attached hydrogens (tertiary/aromatic N) is 2. The van der Waals surface area contributed by atoms with Gasteiger partial charge >= 0.3 is 5.69 Å². The van der Waals surface area contributed by atoms with Gasteiger partial charge in [0.2, 0.25) is 5.82 Å². The van der Waals surface area contributed by atoms with E-state index in [9.17, 15) is 14.5 Å². The zero-order valence-corrected chi connectivity index (χ0v) is 8.68. The molecule has 1 heterocycles.